The molecular formula is C20H22N2O5S. The summed E-state index contributed by atoms with van der Waals surface area (Å²) in [7, 11) is -4.10. The quantitative estimate of drug-likeness (QED) is 0.802. The molecule has 28 heavy (non-hydrogen) atoms. The highest BCUT2D eigenvalue weighted by atomic mass is 32.2. The van der Waals surface area contributed by atoms with Crippen molar-refractivity contribution in [3.05, 3.63) is 54.1 Å². The van der Waals surface area contributed by atoms with Crippen LogP contribution in [0.5, 0.6) is 5.75 Å². The SMILES string of the molecule is CCOc1ccc(NC(=O)C2CCC(=O)N2S(=O)(=O)c2ccc(C)cc2)cc1. The number of benzene rings is 2. The number of rotatable bonds is 6. The molecule has 1 heterocycles. The lowest BCUT2D eigenvalue weighted by Gasteiger charge is -2.23. The van der Waals surface area contributed by atoms with Gasteiger partial charge in [0.15, 0.2) is 0 Å². The lowest BCUT2D eigenvalue weighted by atomic mass is 10.2. The predicted molar refractivity (Wildman–Crippen MR) is 104 cm³/mol. The minimum atomic E-state index is -4.10. The number of aryl methyl sites for hydroxylation is 1. The summed E-state index contributed by atoms with van der Waals surface area (Å²) in [6, 6.07) is 11.9. The standard InChI is InChI=1S/C20H22N2O5S/c1-3-27-16-8-6-15(7-9-16)21-20(24)18-12-13-19(23)22(18)28(25,26)17-10-4-14(2)5-11-17/h4-11,18H,3,12-13H2,1-2H3,(H,21,24). The van der Waals surface area contributed by atoms with E-state index in [-0.39, 0.29) is 17.7 Å². The Morgan fingerprint density at radius 3 is 2.39 bits per heavy atom. The number of ether oxygens (including phenoxy) is 1. The summed E-state index contributed by atoms with van der Waals surface area (Å²) in [5.74, 6) is -0.446. The Balaban J connectivity index is 1.81. The molecule has 0 radical (unpaired) electrons. The highest BCUT2D eigenvalue weighted by molar-refractivity contribution is 7.89. The topological polar surface area (TPSA) is 92.8 Å². The number of sulfonamides is 1. The van der Waals surface area contributed by atoms with Gasteiger partial charge in [0.2, 0.25) is 11.8 Å². The van der Waals surface area contributed by atoms with Crippen LogP contribution in [-0.4, -0.2) is 37.2 Å². The van der Waals surface area contributed by atoms with Crippen molar-refractivity contribution in [1.82, 2.24) is 4.31 Å². The molecule has 1 fully saturated rings. The van der Waals surface area contributed by atoms with Crippen LogP contribution in [0.3, 0.4) is 0 Å². The molecular weight excluding hydrogens is 380 g/mol. The average Bonchev–Trinajstić information content (AvgIpc) is 3.06. The van der Waals surface area contributed by atoms with Crippen LogP contribution in [0.2, 0.25) is 0 Å². The molecule has 148 valence electrons. The van der Waals surface area contributed by atoms with Crippen molar-refractivity contribution >= 4 is 27.5 Å². The Morgan fingerprint density at radius 2 is 1.79 bits per heavy atom. The first-order chi connectivity index (χ1) is 13.3. The molecule has 8 heteroatoms. The molecule has 1 aliphatic heterocycles. The third kappa shape index (κ3) is 4.01. The molecule has 1 saturated heterocycles. The van der Waals surface area contributed by atoms with Crippen LogP contribution in [-0.2, 0) is 19.6 Å². The summed E-state index contributed by atoms with van der Waals surface area (Å²) >= 11 is 0. The lowest BCUT2D eigenvalue weighted by molar-refractivity contribution is -0.128. The van der Waals surface area contributed by atoms with Crippen molar-refractivity contribution in [1.29, 1.82) is 0 Å². The molecule has 1 N–H and O–H groups in total. The second kappa shape index (κ2) is 8.02. The van der Waals surface area contributed by atoms with E-state index >= 15 is 0 Å². The Morgan fingerprint density at radius 1 is 1.14 bits per heavy atom. The normalized spacial score (nSPS) is 16.9. The van der Waals surface area contributed by atoms with E-state index in [0.29, 0.717) is 22.3 Å². The summed E-state index contributed by atoms with van der Waals surface area (Å²) < 4.78 is 32.0. The van der Waals surface area contributed by atoms with E-state index in [9.17, 15) is 18.0 Å². The third-order valence-electron chi connectivity index (χ3n) is 4.47. The van der Waals surface area contributed by atoms with Gasteiger partial charge in [-0.1, -0.05) is 17.7 Å². The molecule has 3 rings (SSSR count). The van der Waals surface area contributed by atoms with Crippen LogP contribution in [0.1, 0.15) is 25.3 Å². The minimum Gasteiger partial charge on any atom is -0.494 e. The zero-order valence-electron chi connectivity index (χ0n) is 15.7. The van der Waals surface area contributed by atoms with Crippen LogP contribution in [0.25, 0.3) is 0 Å². The molecule has 0 bridgehead atoms. The van der Waals surface area contributed by atoms with Crippen LogP contribution in [0.15, 0.2) is 53.4 Å². The van der Waals surface area contributed by atoms with Gasteiger partial charge in [-0.3, -0.25) is 9.59 Å². The highest BCUT2D eigenvalue weighted by Gasteiger charge is 2.44. The van der Waals surface area contributed by atoms with E-state index in [1.54, 1.807) is 36.4 Å². The van der Waals surface area contributed by atoms with Gasteiger partial charge in [-0.15, -0.1) is 0 Å². The summed E-state index contributed by atoms with van der Waals surface area (Å²) in [5.41, 5.74) is 1.40. The van der Waals surface area contributed by atoms with Gasteiger partial charge in [-0.2, -0.15) is 0 Å². The van der Waals surface area contributed by atoms with Gasteiger partial charge in [-0.05, 0) is 56.7 Å². The number of hydrogen-bond donors (Lipinski definition) is 1. The maximum atomic E-state index is 12.9. The number of hydrogen-bond acceptors (Lipinski definition) is 5. The van der Waals surface area contributed by atoms with E-state index in [1.165, 1.54) is 12.1 Å². The van der Waals surface area contributed by atoms with Crippen molar-refractivity contribution in [2.45, 2.75) is 37.6 Å². The number of carbonyl (C=O) groups is 2. The van der Waals surface area contributed by atoms with E-state index in [2.05, 4.69) is 5.32 Å². The molecule has 1 aliphatic rings. The monoisotopic (exact) mass is 402 g/mol. The molecule has 0 saturated carbocycles. The van der Waals surface area contributed by atoms with Gasteiger partial charge in [-0.25, -0.2) is 12.7 Å². The molecule has 0 aliphatic carbocycles. The number of anilines is 1. The fraction of sp³-hybridized carbons (Fsp3) is 0.300. The maximum absolute atomic E-state index is 12.9. The van der Waals surface area contributed by atoms with Crippen LogP contribution < -0.4 is 10.1 Å². The summed E-state index contributed by atoms with van der Waals surface area (Å²) in [4.78, 5) is 25.0. The summed E-state index contributed by atoms with van der Waals surface area (Å²) in [6.07, 6.45) is 0.152. The van der Waals surface area contributed by atoms with E-state index in [4.69, 9.17) is 4.74 Å². The summed E-state index contributed by atoms with van der Waals surface area (Å²) in [6.45, 7) is 4.24. The van der Waals surface area contributed by atoms with E-state index in [1.807, 2.05) is 13.8 Å². The van der Waals surface area contributed by atoms with Gasteiger partial charge in [0.1, 0.15) is 11.8 Å². The van der Waals surface area contributed by atoms with Gasteiger partial charge in [0.25, 0.3) is 10.0 Å². The third-order valence-corrected chi connectivity index (χ3v) is 6.32. The maximum Gasteiger partial charge on any atom is 0.267 e. The number of carbonyl (C=O) groups excluding carboxylic acids is 2. The van der Waals surface area contributed by atoms with E-state index < -0.39 is 27.9 Å². The zero-order chi connectivity index (χ0) is 20.3. The highest BCUT2D eigenvalue weighted by Crippen LogP contribution is 2.28. The van der Waals surface area contributed by atoms with Gasteiger partial charge >= 0.3 is 0 Å². The lowest BCUT2D eigenvalue weighted by Crippen LogP contribution is -2.45. The number of amides is 2. The zero-order valence-corrected chi connectivity index (χ0v) is 16.5. The Kier molecular flexibility index (Phi) is 5.69. The molecule has 0 aromatic heterocycles. The molecule has 0 spiro atoms. The number of nitrogens with one attached hydrogen (secondary N) is 1. The van der Waals surface area contributed by atoms with Crippen molar-refractivity contribution in [2.75, 3.05) is 11.9 Å². The largest absolute Gasteiger partial charge is 0.494 e. The fourth-order valence-corrected chi connectivity index (χ4v) is 4.65. The first-order valence-corrected chi connectivity index (χ1v) is 10.4. The molecule has 2 amide bonds. The predicted octanol–water partition coefficient (Wildman–Crippen LogP) is 2.71. The second-order valence-electron chi connectivity index (χ2n) is 6.51. The van der Waals surface area contributed by atoms with E-state index in [0.717, 1.165) is 5.56 Å². The smallest absolute Gasteiger partial charge is 0.267 e. The first kappa shape index (κ1) is 19.9. The van der Waals surface area contributed by atoms with Crippen molar-refractivity contribution in [2.24, 2.45) is 0 Å². The van der Waals surface area contributed by atoms with Crippen molar-refractivity contribution < 1.29 is 22.7 Å². The van der Waals surface area contributed by atoms with Gasteiger partial charge in [0, 0.05) is 12.1 Å². The minimum absolute atomic E-state index is 0.00640. The first-order valence-electron chi connectivity index (χ1n) is 9.00. The summed E-state index contributed by atoms with van der Waals surface area (Å²) in [5, 5.41) is 2.68. The number of nitrogens with zero attached hydrogens (tertiary/aromatic N) is 1. The average molecular weight is 402 g/mol. The second-order valence-corrected chi connectivity index (χ2v) is 8.32. The fourth-order valence-electron chi connectivity index (χ4n) is 3.05. The molecule has 2 aromatic rings. The Hall–Kier alpha value is -2.87. The van der Waals surface area contributed by atoms with Crippen molar-refractivity contribution in [3.8, 4) is 5.75 Å². The molecule has 1 unspecified atom stereocenters. The van der Waals surface area contributed by atoms with Crippen LogP contribution >= 0.6 is 0 Å². The van der Waals surface area contributed by atoms with Gasteiger partial charge in [0.05, 0.1) is 11.5 Å². The van der Waals surface area contributed by atoms with Crippen LogP contribution in [0.4, 0.5) is 5.69 Å². The molecule has 7 nitrogen and oxygen atoms in total. The Labute approximate surface area is 164 Å². The van der Waals surface area contributed by atoms with Gasteiger partial charge < -0.3 is 10.1 Å². The molecule has 2 aromatic carbocycles. The molecule has 1 atom stereocenters. The Bertz CT molecular complexity index is 969. The van der Waals surface area contributed by atoms with Crippen LogP contribution in [0, 0.1) is 6.92 Å². The van der Waals surface area contributed by atoms with Crippen molar-refractivity contribution in [3.63, 3.8) is 0 Å².